The maximum Gasteiger partial charge on any atom is 0.128 e. The third kappa shape index (κ3) is 4.82. The number of rotatable bonds is 4. The molecule has 0 atom stereocenters. The zero-order valence-electron chi connectivity index (χ0n) is 10.7. The van der Waals surface area contributed by atoms with E-state index in [0.717, 1.165) is 18.9 Å². The van der Waals surface area contributed by atoms with Crippen molar-refractivity contribution < 1.29 is 0 Å². The van der Waals surface area contributed by atoms with Crippen LogP contribution in [0.4, 0.5) is 5.82 Å². The van der Waals surface area contributed by atoms with Crippen molar-refractivity contribution in [2.45, 2.75) is 41.0 Å². The summed E-state index contributed by atoms with van der Waals surface area (Å²) in [7, 11) is 0. The molecule has 0 unspecified atom stereocenters. The zero-order valence-corrected chi connectivity index (χ0v) is 10.7. The van der Waals surface area contributed by atoms with Gasteiger partial charge in [0.1, 0.15) is 5.82 Å². The van der Waals surface area contributed by atoms with Gasteiger partial charge in [0.2, 0.25) is 0 Å². The number of pyridine rings is 1. The van der Waals surface area contributed by atoms with Crippen molar-refractivity contribution in [1.29, 1.82) is 0 Å². The molecule has 1 aromatic rings. The van der Waals surface area contributed by atoms with Crippen LogP contribution in [0.25, 0.3) is 0 Å². The number of anilines is 1. The maximum absolute atomic E-state index is 4.39. The number of aryl methyl sites for hydroxylation is 1. The number of aromatic nitrogens is 1. The molecule has 0 aliphatic rings. The molecule has 2 nitrogen and oxygen atoms in total. The molecule has 86 valence electrons. The normalized spacial score (nSPS) is 9.13. The molecule has 0 aliphatic heterocycles. The fraction of sp³-hybridized carbons (Fsp3) is 0.615. The van der Waals surface area contributed by atoms with Crippen LogP contribution in [0.15, 0.2) is 18.3 Å². The zero-order chi connectivity index (χ0) is 11.7. The van der Waals surface area contributed by atoms with Gasteiger partial charge in [-0.1, -0.05) is 26.8 Å². The second-order valence-electron chi connectivity index (χ2n) is 3.27. The predicted molar refractivity (Wildman–Crippen MR) is 68.5 cm³/mol. The minimum absolute atomic E-state index is 1.03. The summed E-state index contributed by atoms with van der Waals surface area (Å²) in [6.45, 7) is 12.5. The third-order valence-electron chi connectivity index (χ3n) is 2.09. The van der Waals surface area contributed by atoms with Gasteiger partial charge in [0.25, 0.3) is 0 Å². The molecule has 15 heavy (non-hydrogen) atoms. The fourth-order valence-electron chi connectivity index (χ4n) is 1.35. The van der Waals surface area contributed by atoms with Crippen molar-refractivity contribution in [3.05, 3.63) is 23.9 Å². The fourth-order valence-corrected chi connectivity index (χ4v) is 1.35. The monoisotopic (exact) mass is 208 g/mol. The molecule has 0 saturated carbocycles. The first-order valence-electron chi connectivity index (χ1n) is 5.95. The Kier molecular flexibility index (Phi) is 7.69. The van der Waals surface area contributed by atoms with E-state index in [1.54, 1.807) is 0 Å². The second-order valence-corrected chi connectivity index (χ2v) is 3.27. The first-order chi connectivity index (χ1) is 7.27. The smallest absolute Gasteiger partial charge is 0.128 e. The van der Waals surface area contributed by atoms with E-state index in [9.17, 15) is 0 Å². The molecule has 0 N–H and O–H groups in total. The van der Waals surface area contributed by atoms with Crippen LogP contribution in [0, 0.1) is 6.92 Å². The Hall–Kier alpha value is -1.05. The van der Waals surface area contributed by atoms with Crippen molar-refractivity contribution in [3.8, 4) is 0 Å². The minimum atomic E-state index is 1.03. The Labute approximate surface area is 94.3 Å². The minimum Gasteiger partial charge on any atom is -0.357 e. The van der Waals surface area contributed by atoms with Gasteiger partial charge in [-0.15, -0.1) is 0 Å². The summed E-state index contributed by atoms with van der Waals surface area (Å²) in [5.41, 5.74) is 1.22. The predicted octanol–water partition coefficient (Wildman–Crippen LogP) is 3.65. The van der Waals surface area contributed by atoms with Crippen LogP contribution in [0.3, 0.4) is 0 Å². The van der Waals surface area contributed by atoms with Gasteiger partial charge in [0, 0.05) is 19.3 Å². The lowest BCUT2D eigenvalue weighted by Gasteiger charge is -2.20. The summed E-state index contributed by atoms with van der Waals surface area (Å²) < 4.78 is 0. The molecule has 2 heteroatoms. The lowest BCUT2D eigenvalue weighted by atomic mass is 10.3. The lowest BCUT2D eigenvalue weighted by Crippen LogP contribution is -2.24. The van der Waals surface area contributed by atoms with Gasteiger partial charge in [-0.2, -0.15) is 0 Å². The molecule has 0 bridgehead atoms. The van der Waals surface area contributed by atoms with Crippen LogP contribution in [-0.2, 0) is 0 Å². The van der Waals surface area contributed by atoms with Crippen LogP contribution in [0.5, 0.6) is 0 Å². The second kappa shape index (κ2) is 8.27. The average molecular weight is 208 g/mol. The standard InChI is InChI=1S/C11H18N2.C2H6/c1-4-8-13(5-2)11-7-6-10(3)9-12-11;1-2/h6-7,9H,4-5,8H2,1-3H3;1-2H3. The summed E-state index contributed by atoms with van der Waals surface area (Å²) in [6.07, 6.45) is 3.09. The quantitative estimate of drug-likeness (QED) is 0.750. The number of hydrogen-bond acceptors (Lipinski definition) is 2. The highest BCUT2D eigenvalue weighted by Gasteiger charge is 2.02. The van der Waals surface area contributed by atoms with E-state index in [1.165, 1.54) is 12.0 Å². The van der Waals surface area contributed by atoms with E-state index in [2.05, 4.69) is 42.8 Å². The van der Waals surface area contributed by atoms with Crippen LogP contribution >= 0.6 is 0 Å². The molecule has 1 heterocycles. The molecule has 1 aromatic heterocycles. The summed E-state index contributed by atoms with van der Waals surface area (Å²) in [6, 6.07) is 4.20. The van der Waals surface area contributed by atoms with Gasteiger partial charge in [0.05, 0.1) is 0 Å². The van der Waals surface area contributed by atoms with Gasteiger partial charge in [-0.05, 0) is 31.9 Å². The van der Waals surface area contributed by atoms with Crippen LogP contribution in [-0.4, -0.2) is 18.1 Å². The highest BCUT2D eigenvalue weighted by molar-refractivity contribution is 5.38. The summed E-state index contributed by atoms with van der Waals surface area (Å²) in [4.78, 5) is 6.69. The topological polar surface area (TPSA) is 16.1 Å². The molecule has 0 radical (unpaired) electrons. The SMILES string of the molecule is CC.CCCN(CC)c1ccc(C)cn1. The maximum atomic E-state index is 4.39. The molecular weight excluding hydrogens is 184 g/mol. The number of nitrogens with zero attached hydrogens (tertiary/aromatic N) is 2. The highest BCUT2D eigenvalue weighted by Crippen LogP contribution is 2.10. The Morgan fingerprint density at radius 3 is 2.27 bits per heavy atom. The number of hydrogen-bond donors (Lipinski definition) is 0. The Bertz CT molecular complexity index is 241. The van der Waals surface area contributed by atoms with Gasteiger partial charge < -0.3 is 4.90 Å². The van der Waals surface area contributed by atoms with Crippen LogP contribution in [0.1, 0.15) is 39.7 Å². The van der Waals surface area contributed by atoms with E-state index in [1.807, 2.05) is 20.0 Å². The van der Waals surface area contributed by atoms with E-state index in [0.29, 0.717) is 0 Å². The van der Waals surface area contributed by atoms with Crippen molar-refractivity contribution in [2.24, 2.45) is 0 Å². The molecule has 0 fully saturated rings. The summed E-state index contributed by atoms with van der Waals surface area (Å²) >= 11 is 0. The van der Waals surface area contributed by atoms with E-state index in [4.69, 9.17) is 0 Å². The van der Waals surface area contributed by atoms with Crippen molar-refractivity contribution >= 4 is 5.82 Å². The Balaban J connectivity index is 0.000000921. The van der Waals surface area contributed by atoms with Gasteiger partial charge in [-0.3, -0.25) is 0 Å². The summed E-state index contributed by atoms with van der Waals surface area (Å²) in [5.74, 6) is 1.09. The third-order valence-corrected chi connectivity index (χ3v) is 2.09. The average Bonchev–Trinajstić information content (AvgIpc) is 2.30. The van der Waals surface area contributed by atoms with Crippen LogP contribution < -0.4 is 4.90 Å². The van der Waals surface area contributed by atoms with Crippen molar-refractivity contribution in [1.82, 2.24) is 4.98 Å². The molecule has 0 aromatic carbocycles. The molecular formula is C13H24N2. The highest BCUT2D eigenvalue weighted by atomic mass is 15.2. The largest absolute Gasteiger partial charge is 0.357 e. The van der Waals surface area contributed by atoms with Gasteiger partial charge in [0.15, 0.2) is 0 Å². The Morgan fingerprint density at radius 1 is 1.20 bits per heavy atom. The van der Waals surface area contributed by atoms with E-state index >= 15 is 0 Å². The molecule has 1 rings (SSSR count). The van der Waals surface area contributed by atoms with Crippen LogP contribution in [0.2, 0.25) is 0 Å². The van der Waals surface area contributed by atoms with Gasteiger partial charge in [-0.25, -0.2) is 4.98 Å². The first kappa shape index (κ1) is 13.9. The Morgan fingerprint density at radius 2 is 1.87 bits per heavy atom. The van der Waals surface area contributed by atoms with E-state index in [-0.39, 0.29) is 0 Å². The molecule has 0 amide bonds. The molecule has 0 saturated heterocycles. The molecule has 0 aliphatic carbocycles. The van der Waals surface area contributed by atoms with Gasteiger partial charge >= 0.3 is 0 Å². The lowest BCUT2D eigenvalue weighted by molar-refractivity contribution is 0.778. The van der Waals surface area contributed by atoms with E-state index < -0.39 is 0 Å². The summed E-state index contributed by atoms with van der Waals surface area (Å²) in [5, 5.41) is 0. The van der Waals surface area contributed by atoms with Crippen molar-refractivity contribution in [3.63, 3.8) is 0 Å². The first-order valence-corrected chi connectivity index (χ1v) is 5.95. The van der Waals surface area contributed by atoms with Crippen molar-refractivity contribution in [2.75, 3.05) is 18.0 Å². The molecule has 0 spiro atoms.